The Morgan fingerprint density at radius 1 is 1.00 bits per heavy atom. The SMILES string of the molecule is CSc1ccc(-c2ccccc2OC(F)F)cc1. The highest BCUT2D eigenvalue weighted by Gasteiger charge is 2.10. The first-order chi connectivity index (χ1) is 8.70. The highest BCUT2D eigenvalue weighted by Crippen LogP contribution is 2.31. The van der Waals surface area contributed by atoms with Gasteiger partial charge in [-0.15, -0.1) is 11.8 Å². The zero-order valence-electron chi connectivity index (χ0n) is 9.77. The van der Waals surface area contributed by atoms with Crippen molar-refractivity contribution in [1.82, 2.24) is 0 Å². The van der Waals surface area contributed by atoms with Crippen molar-refractivity contribution in [1.29, 1.82) is 0 Å². The summed E-state index contributed by atoms with van der Waals surface area (Å²) in [6.07, 6.45) is 1.99. The van der Waals surface area contributed by atoms with Crippen LogP contribution in [0, 0.1) is 0 Å². The molecule has 0 N–H and O–H groups in total. The van der Waals surface area contributed by atoms with Gasteiger partial charge >= 0.3 is 6.61 Å². The quantitative estimate of drug-likeness (QED) is 0.743. The minimum absolute atomic E-state index is 0.199. The molecule has 0 heterocycles. The van der Waals surface area contributed by atoms with Crippen LogP contribution in [-0.2, 0) is 0 Å². The zero-order chi connectivity index (χ0) is 13.0. The number of para-hydroxylation sites is 1. The van der Waals surface area contributed by atoms with E-state index in [1.165, 1.54) is 0 Å². The first-order valence-electron chi connectivity index (χ1n) is 5.39. The molecule has 0 aromatic heterocycles. The maximum Gasteiger partial charge on any atom is 0.387 e. The van der Waals surface area contributed by atoms with E-state index in [0.717, 1.165) is 10.5 Å². The minimum atomic E-state index is -2.81. The van der Waals surface area contributed by atoms with E-state index in [1.807, 2.05) is 30.5 Å². The van der Waals surface area contributed by atoms with Gasteiger partial charge in [0, 0.05) is 10.5 Å². The van der Waals surface area contributed by atoms with Gasteiger partial charge in [0.05, 0.1) is 0 Å². The number of hydrogen-bond donors (Lipinski definition) is 0. The summed E-state index contributed by atoms with van der Waals surface area (Å²) in [6, 6.07) is 14.5. The zero-order valence-corrected chi connectivity index (χ0v) is 10.6. The van der Waals surface area contributed by atoms with E-state index in [1.54, 1.807) is 36.0 Å². The predicted octanol–water partition coefficient (Wildman–Crippen LogP) is 4.68. The molecule has 0 bridgehead atoms. The summed E-state index contributed by atoms with van der Waals surface area (Å²) in [5, 5.41) is 0. The van der Waals surface area contributed by atoms with Crippen LogP contribution in [0.15, 0.2) is 53.4 Å². The summed E-state index contributed by atoms with van der Waals surface area (Å²) in [6.45, 7) is -2.81. The molecule has 0 amide bonds. The average molecular weight is 266 g/mol. The lowest BCUT2D eigenvalue weighted by atomic mass is 10.1. The lowest BCUT2D eigenvalue weighted by Gasteiger charge is -2.10. The molecule has 0 fully saturated rings. The highest BCUT2D eigenvalue weighted by molar-refractivity contribution is 7.98. The Bertz CT molecular complexity index is 511. The van der Waals surface area contributed by atoms with Crippen molar-refractivity contribution in [3.63, 3.8) is 0 Å². The minimum Gasteiger partial charge on any atom is -0.434 e. The van der Waals surface area contributed by atoms with Gasteiger partial charge in [-0.3, -0.25) is 0 Å². The Balaban J connectivity index is 2.36. The van der Waals surface area contributed by atoms with Crippen LogP contribution in [0.25, 0.3) is 11.1 Å². The van der Waals surface area contributed by atoms with Gasteiger partial charge in [0.2, 0.25) is 0 Å². The standard InChI is InChI=1S/C14H12F2OS/c1-18-11-8-6-10(7-9-11)12-4-2-3-5-13(12)17-14(15)16/h2-9,14H,1H3. The maximum absolute atomic E-state index is 12.3. The maximum atomic E-state index is 12.3. The fourth-order valence-corrected chi connectivity index (χ4v) is 2.08. The first kappa shape index (κ1) is 12.9. The number of thioether (sulfide) groups is 1. The monoisotopic (exact) mass is 266 g/mol. The van der Waals surface area contributed by atoms with Crippen molar-refractivity contribution in [2.75, 3.05) is 6.26 Å². The second-order valence-electron chi connectivity index (χ2n) is 3.60. The number of benzene rings is 2. The third kappa shape index (κ3) is 3.01. The molecule has 0 aliphatic carbocycles. The van der Waals surface area contributed by atoms with Gasteiger partial charge in [-0.05, 0) is 30.0 Å². The number of rotatable bonds is 4. The molecule has 2 rings (SSSR count). The van der Waals surface area contributed by atoms with E-state index >= 15 is 0 Å². The molecule has 0 saturated heterocycles. The Morgan fingerprint density at radius 2 is 1.67 bits per heavy atom. The molecule has 0 unspecified atom stereocenters. The number of alkyl halides is 2. The molecular formula is C14H12F2OS. The molecule has 2 aromatic rings. The Morgan fingerprint density at radius 3 is 2.28 bits per heavy atom. The van der Waals surface area contributed by atoms with Crippen molar-refractivity contribution >= 4 is 11.8 Å². The van der Waals surface area contributed by atoms with Crippen molar-refractivity contribution in [3.05, 3.63) is 48.5 Å². The third-order valence-electron chi connectivity index (χ3n) is 2.50. The van der Waals surface area contributed by atoms with E-state index in [0.29, 0.717) is 5.56 Å². The lowest BCUT2D eigenvalue weighted by Crippen LogP contribution is -2.02. The van der Waals surface area contributed by atoms with Gasteiger partial charge in [-0.25, -0.2) is 0 Å². The summed E-state index contributed by atoms with van der Waals surface area (Å²) in [4.78, 5) is 1.13. The van der Waals surface area contributed by atoms with Crippen molar-refractivity contribution in [2.45, 2.75) is 11.5 Å². The second kappa shape index (κ2) is 5.87. The van der Waals surface area contributed by atoms with Gasteiger partial charge in [-0.2, -0.15) is 8.78 Å². The predicted molar refractivity (Wildman–Crippen MR) is 70.3 cm³/mol. The molecule has 0 atom stereocenters. The van der Waals surface area contributed by atoms with Gasteiger partial charge in [0.25, 0.3) is 0 Å². The van der Waals surface area contributed by atoms with Crippen LogP contribution in [0.1, 0.15) is 0 Å². The van der Waals surface area contributed by atoms with E-state index in [4.69, 9.17) is 0 Å². The molecular weight excluding hydrogens is 254 g/mol. The van der Waals surface area contributed by atoms with Crippen molar-refractivity contribution in [3.8, 4) is 16.9 Å². The van der Waals surface area contributed by atoms with Crippen LogP contribution in [0.4, 0.5) is 8.78 Å². The van der Waals surface area contributed by atoms with Gasteiger partial charge in [-0.1, -0.05) is 30.3 Å². The van der Waals surface area contributed by atoms with Gasteiger partial charge in [0.1, 0.15) is 5.75 Å². The fraction of sp³-hybridized carbons (Fsp3) is 0.143. The van der Waals surface area contributed by atoms with Crippen LogP contribution < -0.4 is 4.74 Å². The molecule has 2 aromatic carbocycles. The average Bonchev–Trinajstić information content (AvgIpc) is 2.39. The molecule has 18 heavy (non-hydrogen) atoms. The number of ether oxygens (including phenoxy) is 1. The Kier molecular flexibility index (Phi) is 4.20. The van der Waals surface area contributed by atoms with E-state index in [2.05, 4.69) is 4.74 Å². The summed E-state index contributed by atoms with van der Waals surface area (Å²) >= 11 is 1.64. The number of halogens is 2. The van der Waals surface area contributed by atoms with Gasteiger partial charge < -0.3 is 4.74 Å². The summed E-state index contributed by atoms with van der Waals surface area (Å²) < 4.78 is 29.1. The topological polar surface area (TPSA) is 9.23 Å². The molecule has 0 aliphatic heterocycles. The van der Waals surface area contributed by atoms with E-state index in [-0.39, 0.29) is 5.75 Å². The fourth-order valence-electron chi connectivity index (χ4n) is 1.67. The smallest absolute Gasteiger partial charge is 0.387 e. The molecule has 94 valence electrons. The summed E-state index contributed by atoms with van der Waals surface area (Å²) in [5.41, 5.74) is 1.54. The third-order valence-corrected chi connectivity index (χ3v) is 3.25. The largest absolute Gasteiger partial charge is 0.434 e. The molecule has 0 spiro atoms. The van der Waals surface area contributed by atoms with Crippen molar-refractivity contribution < 1.29 is 13.5 Å². The van der Waals surface area contributed by atoms with Crippen LogP contribution in [0.5, 0.6) is 5.75 Å². The van der Waals surface area contributed by atoms with E-state index < -0.39 is 6.61 Å². The summed E-state index contributed by atoms with van der Waals surface area (Å²) in [7, 11) is 0. The second-order valence-corrected chi connectivity index (χ2v) is 4.48. The van der Waals surface area contributed by atoms with Crippen LogP contribution in [0.2, 0.25) is 0 Å². The van der Waals surface area contributed by atoms with Crippen LogP contribution >= 0.6 is 11.8 Å². The molecule has 0 aliphatic rings. The Hall–Kier alpha value is -1.55. The van der Waals surface area contributed by atoms with Gasteiger partial charge in [0.15, 0.2) is 0 Å². The van der Waals surface area contributed by atoms with Crippen LogP contribution in [-0.4, -0.2) is 12.9 Å². The van der Waals surface area contributed by atoms with Crippen LogP contribution in [0.3, 0.4) is 0 Å². The highest BCUT2D eigenvalue weighted by atomic mass is 32.2. The number of hydrogen-bond acceptors (Lipinski definition) is 2. The normalized spacial score (nSPS) is 10.7. The van der Waals surface area contributed by atoms with Crippen molar-refractivity contribution in [2.24, 2.45) is 0 Å². The molecule has 0 saturated carbocycles. The molecule has 0 radical (unpaired) electrons. The molecule has 1 nitrogen and oxygen atoms in total. The summed E-state index contributed by atoms with van der Waals surface area (Å²) in [5.74, 6) is 0.199. The first-order valence-corrected chi connectivity index (χ1v) is 6.61. The lowest BCUT2D eigenvalue weighted by molar-refractivity contribution is -0.0494. The molecule has 4 heteroatoms. The van der Waals surface area contributed by atoms with E-state index in [9.17, 15) is 8.78 Å². The Labute approximate surface area is 109 Å².